The third-order valence-corrected chi connectivity index (χ3v) is 2.73. The molecule has 0 amide bonds. The number of thioether (sulfide) groups is 1. The molecule has 0 fully saturated rings. The molecule has 0 bridgehead atoms. The van der Waals surface area contributed by atoms with E-state index in [0.717, 1.165) is 30.1 Å². The molecule has 0 aromatic heterocycles. The van der Waals surface area contributed by atoms with Crippen molar-refractivity contribution in [3.8, 4) is 17.4 Å². The summed E-state index contributed by atoms with van der Waals surface area (Å²) in [6.07, 6.45) is 7.46. The summed E-state index contributed by atoms with van der Waals surface area (Å²) in [5.74, 6) is 0.997. The second kappa shape index (κ2) is 3.76. The molecule has 0 aliphatic carbocycles. The zero-order valence-corrected chi connectivity index (χ0v) is 8.06. The average molecular weight is 190 g/mol. The van der Waals surface area contributed by atoms with Gasteiger partial charge in [-0.15, -0.1) is 6.42 Å². The monoisotopic (exact) mass is 190 g/mol. The molecule has 13 heavy (non-hydrogen) atoms. The second-order valence-electron chi connectivity index (χ2n) is 2.92. The van der Waals surface area contributed by atoms with Crippen LogP contribution < -0.4 is 4.74 Å². The minimum absolute atomic E-state index is 0.815. The van der Waals surface area contributed by atoms with E-state index in [4.69, 9.17) is 11.2 Å². The Kier molecular flexibility index (Phi) is 2.47. The summed E-state index contributed by atoms with van der Waals surface area (Å²) in [7, 11) is 0. The smallest absolute Gasteiger partial charge is 0.137 e. The zero-order valence-electron chi connectivity index (χ0n) is 7.25. The number of aryl methyl sites for hydroxylation is 1. The molecule has 1 nitrogen and oxygen atoms in total. The fourth-order valence-corrected chi connectivity index (χ4v) is 2.06. The van der Waals surface area contributed by atoms with E-state index in [2.05, 4.69) is 11.3 Å². The first-order chi connectivity index (χ1) is 6.42. The quantitative estimate of drug-likeness (QED) is 0.497. The Balaban J connectivity index is 2.41. The van der Waals surface area contributed by atoms with E-state index in [0.29, 0.717) is 0 Å². The van der Waals surface area contributed by atoms with Gasteiger partial charge in [0.2, 0.25) is 0 Å². The molecule has 2 heteroatoms. The van der Waals surface area contributed by atoms with Gasteiger partial charge in [0.05, 0.1) is 11.5 Å². The van der Waals surface area contributed by atoms with Crippen LogP contribution in [0.25, 0.3) is 0 Å². The van der Waals surface area contributed by atoms with Crippen molar-refractivity contribution in [3.63, 3.8) is 0 Å². The lowest BCUT2D eigenvalue weighted by molar-refractivity contribution is 0.281. The number of hydrogen-bond donors (Lipinski definition) is 0. The fourth-order valence-electron chi connectivity index (χ4n) is 1.50. The van der Waals surface area contributed by atoms with Gasteiger partial charge >= 0.3 is 0 Å². The lowest BCUT2D eigenvalue weighted by Crippen LogP contribution is -2.08. The number of ether oxygens (including phenoxy) is 1. The van der Waals surface area contributed by atoms with Crippen LogP contribution in [-0.2, 0) is 6.42 Å². The van der Waals surface area contributed by atoms with Gasteiger partial charge in [-0.1, -0.05) is 12.1 Å². The molecule has 0 N–H and O–H groups in total. The van der Waals surface area contributed by atoms with E-state index in [1.165, 1.54) is 17.3 Å². The summed E-state index contributed by atoms with van der Waals surface area (Å²) in [6.45, 7) is 0.815. The highest BCUT2D eigenvalue weighted by Gasteiger charge is 2.13. The molecule has 0 atom stereocenters. The minimum atomic E-state index is 0.815. The highest BCUT2D eigenvalue weighted by Crippen LogP contribution is 2.34. The van der Waals surface area contributed by atoms with E-state index >= 15 is 0 Å². The van der Waals surface area contributed by atoms with Gasteiger partial charge in [0.1, 0.15) is 5.75 Å². The van der Waals surface area contributed by atoms with Gasteiger partial charge < -0.3 is 4.74 Å². The van der Waals surface area contributed by atoms with Gasteiger partial charge in [0.15, 0.2) is 0 Å². The van der Waals surface area contributed by atoms with Gasteiger partial charge in [0.25, 0.3) is 0 Å². The molecular weight excluding hydrogens is 180 g/mol. The van der Waals surface area contributed by atoms with Crippen LogP contribution in [0.15, 0.2) is 23.1 Å². The van der Waals surface area contributed by atoms with E-state index in [-0.39, 0.29) is 0 Å². The maximum atomic E-state index is 5.59. The summed E-state index contributed by atoms with van der Waals surface area (Å²) in [5, 5.41) is 2.57. The van der Waals surface area contributed by atoms with Crippen LogP contribution in [0.2, 0.25) is 0 Å². The van der Waals surface area contributed by atoms with Crippen molar-refractivity contribution in [2.24, 2.45) is 0 Å². The van der Waals surface area contributed by atoms with Crippen LogP contribution in [0.1, 0.15) is 12.0 Å². The Morgan fingerprint density at radius 3 is 3.23 bits per heavy atom. The van der Waals surface area contributed by atoms with Crippen LogP contribution in [0.5, 0.6) is 5.75 Å². The number of para-hydroxylation sites is 1. The topological polar surface area (TPSA) is 9.23 Å². The second-order valence-corrected chi connectivity index (χ2v) is 3.80. The third-order valence-electron chi connectivity index (χ3n) is 2.07. The van der Waals surface area contributed by atoms with Crippen molar-refractivity contribution in [2.75, 3.05) is 6.61 Å². The summed E-state index contributed by atoms with van der Waals surface area (Å²) in [5.41, 5.74) is 1.28. The Bertz CT molecular complexity index is 352. The Hall–Kier alpha value is -1.07. The normalized spacial score (nSPS) is 14.1. The first-order valence-corrected chi connectivity index (χ1v) is 5.10. The molecule has 0 unspecified atom stereocenters. The number of terminal acetylenes is 1. The van der Waals surface area contributed by atoms with E-state index in [1.807, 2.05) is 12.1 Å². The Morgan fingerprint density at radius 1 is 1.46 bits per heavy atom. The third kappa shape index (κ3) is 1.66. The molecule has 0 spiro atoms. The fraction of sp³-hybridized carbons (Fsp3) is 0.273. The number of rotatable bonds is 1. The van der Waals surface area contributed by atoms with Crippen molar-refractivity contribution in [1.29, 1.82) is 0 Å². The standard InChI is InChI=1S/C11H10OS/c1-2-13-10-7-3-5-9-6-4-8-12-11(9)10/h1,3,5,7H,4,6,8H2. The van der Waals surface area contributed by atoms with Crippen LogP contribution in [0.4, 0.5) is 0 Å². The van der Waals surface area contributed by atoms with Gasteiger partial charge in [-0.25, -0.2) is 0 Å². The first kappa shape index (κ1) is 8.52. The molecule has 0 saturated carbocycles. The van der Waals surface area contributed by atoms with Crippen molar-refractivity contribution >= 4 is 11.8 Å². The summed E-state index contributed by atoms with van der Waals surface area (Å²) in [4.78, 5) is 1.07. The summed E-state index contributed by atoms with van der Waals surface area (Å²) in [6, 6.07) is 6.15. The van der Waals surface area contributed by atoms with Crippen LogP contribution in [0.3, 0.4) is 0 Å². The molecule has 2 rings (SSSR count). The molecule has 1 heterocycles. The van der Waals surface area contributed by atoms with E-state index in [9.17, 15) is 0 Å². The number of fused-ring (bicyclic) bond motifs is 1. The molecule has 66 valence electrons. The molecule has 1 aromatic carbocycles. The summed E-state index contributed by atoms with van der Waals surface area (Å²) >= 11 is 1.39. The van der Waals surface area contributed by atoms with Gasteiger partial charge in [-0.2, -0.15) is 0 Å². The van der Waals surface area contributed by atoms with Crippen molar-refractivity contribution in [2.45, 2.75) is 17.7 Å². The van der Waals surface area contributed by atoms with Gasteiger partial charge in [-0.3, -0.25) is 0 Å². The van der Waals surface area contributed by atoms with Crippen molar-refractivity contribution < 1.29 is 4.74 Å². The summed E-state index contributed by atoms with van der Waals surface area (Å²) < 4.78 is 5.59. The predicted octanol–water partition coefficient (Wildman–Crippen LogP) is 2.69. The van der Waals surface area contributed by atoms with Gasteiger partial charge in [-0.05, 0) is 41.5 Å². The van der Waals surface area contributed by atoms with E-state index < -0.39 is 0 Å². The first-order valence-electron chi connectivity index (χ1n) is 4.29. The average Bonchev–Trinajstić information content (AvgIpc) is 2.19. The number of hydrogen-bond acceptors (Lipinski definition) is 2. The lowest BCUT2D eigenvalue weighted by Gasteiger charge is -2.18. The van der Waals surface area contributed by atoms with Gasteiger partial charge in [0, 0.05) is 0 Å². The largest absolute Gasteiger partial charge is 0.492 e. The lowest BCUT2D eigenvalue weighted by atomic mass is 10.1. The SMILES string of the molecule is C#CSc1cccc2c1OCCC2. The molecule has 0 radical (unpaired) electrons. The highest BCUT2D eigenvalue weighted by molar-refractivity contribution is 8.04. The van der Waals surface area contributed by atoms with Crippen LogP contribution in [0, 0.1) is 11.7 Å². The molecule has 1 aromatic rings. The van der Waals surface area contributed by atoms with Crippen molar-refractivity contribution in [1.82, 2.24) is 0 Å². The van der Waals surface area contributed by atoms with Crippen LogP contribution >= 0.6 is 11.8 Å². The zero-order chi connectivity index (χ0) is 9.10. The molecule has 1 aliphatic heterocycles. The Morgan fingerprint density at radius 2 is 2.38 bits per heavy atom. The number of benzene rings is 1. The minimum Gasteiger partial charge on any atom is -0.492 e. The van der Waals surface area contributed by atoms with E-state index in [1.54, 1.807) is 0 Å². The van der Waals surface area contributed by atoms with Crippen LogP contribution in [-0.4, -0.2) is 6.61 Å². The maximum absolute atomic E-state index is 5.59. The molecule has 1 aliphatic rings. The molecule has 0 saturated heterocycles. The predicted molar refractivity (Wildman–Crippen MR) is 54.9 cm³/mol. The maximum Gasteiger partial charge on any atom is 0.137 e. The Labute approximate surface area is 82.5 Å². The highest BCUT2D eigenvalue weighted by atomic mass is 32.2. The van der Waals surface area contributed by atoms with Crippen molar-refractivity contribution in [3.05, 3.63) is 23.8 Å². The molecular formula is C11H10OS.